The summed E-state index contributed by atoms with van der Waals surface area (Å²) >= 11 is 0. The highest BCUT2D eigenvalue weighted by Crippen LogP contribution is 2.45. The first kappa shape index (κ1) is 16.1. The second-order valence-electron chi connectivity index (χ2n) is 5.35. The van der Waals surface area contributed by atoms with Gasteiger partial charge in [0.25, 0.3) is 5.60 Å². The molecule has 2 rings (SSSR count). The molecule has 2 aliphatic rings. The van der Waals surface area contributed by atoms with E-state index in [0.29, 0.717) is 12.8 Å². The monoisotopic (exact) mass is 318 g/mol. The molecule has 0 amide bonds. The van der Waals surface area contributed by atoms with E-state index in [9.17, 15) is 31.1 Å². The topological polar surface area (TPSA) is 46.5 Å². The fourth-order valence-corrected chi connectivity index (χ4v) is 2.66. The molecule has 120 valence electrons. The minimum absolute atomic E-state index is 0.108. The summed E-state index contributed by atoms with van der Waals surface area (Å²) in [5.41, 5.74) is -5.05. The summed E-state index contributed by atoms with van der Waals surface area (Å²) in [6.45, 7) is -2.18. The number of alkyl halides is 6. The fourth-order valence-electron chi connectivity index (χ4n) is 2.66. The first-order chi connectivity index (χ1) is 9.46. The number of esters is 1. The zero-order chi connectivity index (χ0) is 16.1. The molecule has 0 aliphatic heterocycles. The summed E-state index contributed by atoms with van der Waals surface area (Å²) in [6.07, 6.45) is -7.42. The summed E-state index contributed by atoms with van der Waals surface area (Å²) < 4.78 is 78.6. The molecular weight excluding hydrogens is 306 g/mol. The van der Waals surface area contributed by atoms with Crippen molar-refractivity contribution in [2.24, 2.45) is 17.8 Å². The van der Waals surface area contributed by atoms with Gasteiger partial charge in [0.1, 0.15) is 6.61 Å². The largest absolute Gasteiger partial charge is 0.462 e. The van der Waals surface area contributed by atoms with Crippen LogP contribution >= 0.6 is 0 Å². The number of ether oxygens (including phenoxy) is 1. The van der Waals surface area contributed by atoms with Gasteiger partial charge >= 0.3 is 18.3 Å². The van der Waals surface area contributed by atoms with Crippen molar-refractivity contribution in [3.8, 4) is 0 Å². The molecule has 0 radical (unpaired) electrons. The number of halogens is 6. The Balaban J connectivity index is 2.03. The van der Waals surface area contributed by atoms with Crippen molar-refractivity contribution < 1.29 is 41.0 Å². The van der Waals surface area contributed by atoms with Gasteiger partial charge in [0, 0.05) is 0 Å². The van der Waals surface area contributed by atoms with Crippen LogP contribution < -0.4 is 0 Å². The third-order valence-electron chi connectivity index (χ3n) is 3.94. The molecule has 3 unspecified atom stereocenters. The number of rotatable bonds is 3. The van der Waals surface area contributed by atoms with Gasteiger partial charge in [0.05, 0.1) is 5.92 Å². The Morgan fingerprint density at radius 2 is 1.67 bits per heavy atom. The molecular formula is C12H12F6O3. The summed E-state index contributed by atoms with van der Waals surface area (Å²) in [4.78, 5) is 11.6. The van der Waals surface area contributed by atoms with E-state index in [1.807, 2.05) is 6.08 Å². The average Bonchev–Trinajstić information content (AvgIpc) is 2.94. The molecule has 0 spiro atoms. The van der Waals surface area contributed by atoms with Crippen molar-refractivity contribution in [1.29, 1.82) is 0 Å². The lowest BCUT2D eigenvalue weighted by atomic mass is 9.94. The van der Waals surface area contributed by atoms with E-state index in [1.54, 1.807) is 6.08 Å². The maximum absolute atomic E-state index is 12.4. The van der Waals surface area contributed by atoms with Crippen molar-refractivity contribution in [2.45, 2.75) is 30.8 Å². The highest BCUT2D eigenvalue weighted by atomic mass is 19.4. The number of hydrogen-bond acceptors (Lipinski definition) is 3. The standard InChI is InChI=1S/C12H12F6O3/c13-11(14,15)10(20,12(16,17)18)5-21-9(19)8-4-6-1-2-7(8)3-6/h1-2,6-8,20H,3-5H2. The molecule has 21 heavy (non-hydrogen) atoms. The summed E-state index contributed by atoms with van der Waals surface area (Å²) in [6, 6.07) is 0. The molecule has 0 aromatic heterocycles. The lowest BCUT2D eigenvalue weighted by Gasteiger charge is -2.32. The van der Waals surface area contributed by atoms with Crippen molar-refractivity contribution in [2.75, 3.05) is 6.61 Å². The minimum atomic E-state index is -5.99. The van der Waals surface area contributed by atoms with E-state index in [-0.39, 0.29) is 11.8 Å². The van der Waals surface area contributed by atoms with Crippen LogP contribution in [0.3, 0.4) is 0 Å². The van der Waals surface area contributed by atoms with Crippen LogP contribution in [0, 0.1) is 17.8 Å². The lowest BCUT2D eigenvalue weighted by Crippen LogP contribution is -2.60. The van der Waals surface area contributed by atoms with Crippen LogP contribution in [-0.4, -0.2) is 35.6 Å². The molecule has 0 heterocycles. The van der Waals surface area contributed by atoms with Crippen LogP contribution in [0.1, 0.15) is 12.8 Å². The van der Waals surface area contributed by atoms with Crippen molar-refractivity contribution in [3.63, 3.8) is 0 Å². The van der Waals surface area contributed by atoms with Crippen LogP contribution in [-0.2, 0) is 9.53 Å². The Hall–Kier alpha value is -1.25. The van der Waals surface area contributed by atoms with E-state index in [2.05, 4.69) is 4.74 Å². The Morgan fingerprint density at radius 3 is 2.05 bits per heavy atom. The fraction of sp³-hybridized carbons (Fsp3) is 0.750. The Labute approximate surface area is 115 Å². The summed E-state index contributed by atoms with van der Waals surface area (Å²) in [5, 5.41) is 8.87. The number of fused-ring (bicyclic) bond motifs is 2. The van der Waals surface area contributed by atoms with Crippen molar-refractivity contribution in [1.82, 2.24) is 0 Å². The van der Waals surface area contributed by atoms with Gasteiger partial charge in [0.2, 0.25) is 0 Å². The third kappa shape index (κ3) is 2.75. The quantitative estimate of drug-likeness (QED) is 0.494. The van der Waals surface area contributed by atoms with Crippen molar-refractivity contribution in [3.05, 3.63) is 12.2 Å². The molecule has 1 fully saturated rings. The Bertz CT molecular complexity index is 439. The highest BCUT2D eigenvalue weighted by molar-refractivity contribution is 5.74. The minimum Gasteiger partial charge on any atom is -0.462 e. The van der Waals surface area contributed by atoms with Gasteiger partial charge in [-0.15, -0.1) is 0 Å². The smallest absolute Gasteiger partial charge is 0.429 e. The average molecular weight is 318 g/mol. The van der Waals surface area contributed by atoms with E-state index in [0.717, 1.165) is 0 Å². The van der Waals surface area contributed by atoms with Gasteiger partial charge < -0.3 is 9.84 Å². The summed E-state index contributed by atoms with van der Waals surface area (Å²) in [7, 11) is 0. The first-order valence-corrected chi connectivity index (χ1v) is 6.16. The number of carbonyl (C=O) groups excluding carboxylic acids is 1. The molecule has 3 nitrogen and oxygen atoms in total. The van der Waals surface area contributed by atoms with Crippen LogP contribution in [0.4, 0.5) is 26.3 Å². The second kappa shape index (κ2) is 4.89. The maximum Gasteiger partial charge on any atom is 0.429 e. The van der Waals surface area contributed by atoms with Crippen LogP contribution in [0.5, 0.6) is 0 Å². The van der Waals surface area contributed by atoms with Gasteiger partial charge in [-0.2, -0.15) is 26.3 Å². The molecule has 2 aliphatic carbocycles. The van der Waals surface area contributed by atoms with Gasteiger partial charge in [0.15, 0.2) is 0 Å². The first-order valence-electron chi connectivity index (χ1n) is 6.16. The molecule has 1 N–H and O–H groups in total. The molecule has 1 saturated carbocycles. The van der Waals surface area contributed by atoms with Gasteiger partial charge in [-0.25, -0.2) is 0 Å². The molecule has 0 aromatic carbocycles. The predicted octanol–water partition coefficient (Wildman–Crippen LogP) is 2.60. The van der Waals surface area contributed by atoms with E-state index < -0.39 is 36.4 Å². The molecule has 0 aromatic rings. The van der Waals surface area contributed by atoms with Crippen LogP contribution in [0.2, 0.25) is 0 Å². The predicted molar refractivity (Wildman–Crippen MR) is 56.9 cm³/mol. The third-order valence-corrected chi connectivity index (χ3v) is 3.94. The second-order valence-corrected chi connectivity index (χ2v) is 5.35. The summed E-state index contributed by atoms with van der Waals surface area (Å²) in [5.74, 6) is -1.99. The molecule has 3 atom stereocenters. The SMILES string of the molecule is O=C(OCC(O)(C(F)(F)F)C(F)(F)F)C1CC2C=CC1C2. The number of aliphatic hydroxyl groups is 1. The van der Waals surface area contributed by atoms with Crippen LogP contribution in [0.15, 0.2) is 12.2 Å². The molecule has 0 saturated heterocycles. The van der Waals surface area contributed by atoms with E-state index in [4.69, 9.17) is 5.11 Å². The highest BCUT2D eigenvalue weighted by Gasteiger charge is 2.71. The zero-order valence-corrected chi connectivity index (χ0v) is 10.5. The molecule has 2 bridgehead atoms. The number of carbonyl (C=O) groups is 1. The Morgan fingerprint density at radius 1 is 1.10 bits per heavy atom. The lowest BCUT2D eigenvalue weighted by molar-refractivity contribution is -0.375. The van der Waals surface area contributed by atoms with Gasteiger partial charge in [-0.05, 0) is 24.7 Å². The van der Waals surface area contributed by atoms with Crippen molar-refractivity contribution >= 4 is 5.97 Å². The number of hydrogen-bond donors (Lipinski definition) is 1. The molecule has 9 heteroatoms. The number of allylic oxidation sites excluding steroid dienone is 2. The Kier molecular flexibility index (Phi) is 3.76. The van der Waals surface area contributed by atoms with E-state index in [1.165, 1.54) is 0 Å². The maximum atomic E-state index is 12.4. The van der Waals surface area contributed by atoms with Gasteiger partial charge in [-0.1, -0.05) is 12.2 Å². The normalized spacial score (nSPS) is 29.0. The zero-order valence-electron chi connectivity index (χ0n) is 10.5. The van der Waals surface area contributed by atoms with Crippen LogP contribution in [0.25, 0.3) is 0 Å². The van der Waals surface area contributed by atoms with Gasteiger partial charge in [-0.3, -0.25) is 4.79 Å². The van der Waals surface area contributed by atoms with E-state index >= 15 is 0 Å².